The van der Waals surface area contributed by atoms with E-state index in [4.69, 9.17) is 79.8 Å². The number of carboxylic acids is 1. The molecule has 29 heteroatoms. The van der Waals surface area contributed by atoms with Crippen LogP contribution in [0.4, 0.5) is 14.0 Å². The maximum atomic E-state index is 12.5. The van der Waals surface area contributed by atoms with Crippen molar-refractivity contribution < 1.29 is 237 Å². The Hall–Kier alpha value is -3.83. The van der Waals surface area contributed by atoms with Gasteiger partial charge >= 0.3 is 174 Å². The van der Waals surface area contributed by atoms with E-state index < -0.39 is 84.5 Å². The van der Waals surface area contributed by atoms with Crippen LogP contribution < -0.4 is 174 Å². The molecule has 0 aliphatic heterocycles. The Morgan fingerprint density at radius 2 is 0.943 bits per heavy atom. The van der Waals surface area contributed by atoms with Crippen LogP contribution >= 0.6 is 34.8 Å². The maximum Gasteiger partial charge on any atom is 1.00 e. The SMILES string of the molecule is CC(C)(Oc1ccc(CCNC(=O)c2ccc(Cl)cc2)cc1)C(=O)O.C[C@H](NC(=O)OC(C)(C)C)C(=O)OCCl.C[C@H](NC(=O)OC(C)(C)C)C(=O)OCOC(=O)C(C)(C)Oc1ccc(CCNC(=O)c2ccc(Cl)cc2)cc1.O=CO[O-].[2H]CF.[Cs+].[Cs+].[H-]. The third-order valence-corrected chi connectivity index (χ3v) is 10.6. The molecule has 0 saturated heterocycles. The third-order valence-electron chi connectivity index (χ3n) is 10.0. The Balaban J connectivity index is -0.000000618. The van der Waals surface area contributed by atoms with Gasteiger partial charge in [-0.15, -0.1) is 0 Å². The topological polar surface area (TPSA) is 319 Å². The van der Waals surface area contributed by atoms with Crippen molar-refractivity contribution in [3.63, 3.8) is 0 Å². The maximum absolute atomic E-state index is 12.5. The first-order valence-corrected chi connectivity index (χ1v) is 26.8. The molecule has 5 N–H and O–H groups in total. The minimum atomic E-state index is -1.37. The fraction of sp³-hybridized carbons (Fsp3) is 0.431. The second-order valence-electron chi connectivity index (χ2n) is 20.4. The number of alkyl halides is 2. The fourth-order valence-corrected chi connectivity index (χ4v) is 6.23. The number of benzene rings is 4. The number of halogens is 4. The first-order valence-electron chi connectivity index (χ1n) is 26.2. The Labute approximate surface area is 642 Å². The molecule has 87 heavy (non-hydrogen) atoms. The van der Waals surface area contributed by atoms with Gasteiger partial charge < -0.3 is 71.1 Å². The molecule has 2 atom stereocenters. The van der Waals surface area contributed by atoms with Crippen LogP contribution in [0.25, 0.3) is 0 Å². The summed E-state index contributed by atoms with van der Waals surface area (Å²) in [4.78, 5) is 105. The largest absolute Gasteiger partial charge is 1.00 e. The monoisotopic (exact) mass is 1520 g/mol. The number of rotatable bonds is 22. The van der Waals surface area contributed by atoms with Crippen LogP contribution in [-0.2, 0) is 65.4 Å². The van der Waals surface area contributed by atoms with E-state index in [0.29, 0.717) is 58.6 Å². The molecule has 0 radical (unpaired) electrons. The summed E-state index contributed by atoms with van der Waals surface area (Å²) in [5, 5.41) is 29.0. The average molecular weight is 1530 g/mol. The van der Waals surface area contributed by atoms with E-state index in [0.717, 1.165) is 11.1 Å². The van der Waals surface area contributed by atoms with E-state index in [-0.39, 0.29) is 164 Å². The van der Waals surface area contributed by atoms with Gasteiger partial charge in [-0.05, 0) is 180 Å². The predicted octanol–water partition coefficient (Wildman–Crippen LogP) is 2.76. The molecule has 4 aromatic rings. The summed E-state index contributed by atoms with van der Waals surface area (Å²) in [6.07, 6.45) is -0.187. The van der Waals surface area contributed by atoms with Crippen LogP contribution in [0.5, 0.6) is 11.5 Å². The first-order chi connectivity index (χ1) is 40.0. The van der Waals surface area contributed by atoms with Crippen molar-refractivity contribution in [3.8, 4) is 11.5 Å². The van der Waals surface area contributed by atoms with Crippen molar-refractivity contribution in [2.24, 2.45) is 0 Å². The third kappa shape index (κ3) is 40.5. The van der Waals surface area contributed by atoms with Gasteiger partial charge in [0.15, 0.2) is 17.3 Å². The van der Waals surface area contributed by atoms with Crippen molar-refractivity contribution >= 4 is 89.2 Å². The molecule has 0 spiro atoms. The minimum Gasteiger partial charge on any atom is -1.00 e. The summed E-state index contributed by atoms with van der Waals surface area (Å²) in [6.45, 7) is 19.3. The van der Waals surface area contributed by atoms with Crippen molar-refractivity contribution in [3.05, 3.63) is 129 Å². The van der Waals surface area contributed by atoms with Crippen LogP contribution in [0.15, 0.2) is 97.1 Å². The summed E-state index contributed by atoms with van der Waals surface area (Å²) in [5.74, 6) is -2.60. The Morgan fingerprint density at radius 3 is 1.25 bits per heavy atom. The second-order valence-corrected chi connectivity index (χ2v) is 21.4. The predicted molar refractivity (Wildman–Crippen MR) is 312 cm³/mol. The smallest absolute Gasteiger partial charge is 1.00 e. The Morgan fingerprint density at radius 1 is 0.609 bits per heavy atom. The summed E-state index contributed by atoms with van der Waals surface area (Å²) in [5.41, 5.74) is -0.916. The van der Waals surface area contributed by atoms with Gasteiger partial charge in [-0.1, -0.05) is 59.1 Å². The molecule has 0 saturated carbocycles. The van der Waals surface area contributed by atoms with Crippen molar-refractivity contribution in [2.45, 2.75) is 130 Å². The average Bonchev–Trinajstić information content (AvgIpc) is 3.59. The van der Waals surface area contributed by atoms with Crippen LogP contribution in [-0.4, -0.2) is 127 Å². The normalized spacial score (nSPS) is 11.3. The number of alkyl carbamates (subject to hydrolysis) is 2. The minimum absolute atomic E-state index is 0. The number of carboxylic acid groups (broad SMARTS) is 1. The molecular formula is C58H76Cl3Cs2FN4O19. The fourth-order valence-electron chi connectivity index (χ4n) is 5.88. The van der Waals surface area contributed by atoms with E-state index in [1.165, 1.54) is 41.5 Å². The van der Waals surface area contributed by atoms with Gasteiger partial charge in [0.25, 0.3) is 18.3 Å². The Bertz CT molecular complexity index is 2770. The summed E-state index contributed by atoms with van der Waals surface area (Å²) >= 11 is 16.8. The Kier molecular flexibility index (Phi) is 44.5. The van der Waals surface area contributed by atoms with Gasteiger partial charge in [0.2, 0.25) is 6.79 Å². The molecule has 4 rings (SSSR count). The standard InChI is InChI=1S/C28H35ClN2O8.C19H20ClNO4.C9H16ClNO4.CH3F.CH2O3.2Cs.H/c1-18(31-26(35)39-27(2,3)4)24(33)36-17-37-25(34)28(5,6)38-22-13-7-19(8-14-22)15-16-30-23(32)20-9-11-21(29)12-10-20;1-19(2,18(23)24)25-16-9-3-13(4-10-16)11-12-21-17(22)14-5-7-15(20)8-6-14;1-6(7(12)14-5-10)11-8(13)15-9(2,3)4;1-2;2-1-4-3;;;/h7-14,18H,15-17H2,1-6H3,(H,30,32)(H,31,35);3-10H,11-12H2,1-2H3,(H,21,22)(H,23,24);6H,5H2,1-4H3,(H,11,13);1H3;1,3H;;;/q;;;;;2*+1;-1/p-1/t18-;;6-;;;;;/m0.0...../s1/i;;;1D;;;;. The van der Waals surface area contributed by atoms with Crippen molar-refractivity contribution in [2.75, 3.05) is 33.1 Å². The summed E-state index contributed by atoms with van der Waals surface area (Å²) in [6, 6.07) is 25.5. The molecule has 0 fully saturated rings. The molecule has 0 unspecified atom stereocenters. The van der Waals surface area contributed by atoms with Gasteiger partial charge in [-0.3, -0.25) is 18.8 Å². The number of esters is 3. The molecule has 0 aromatic heterocycles. The summed E-state index contributed by atoms with van der Waals surface area (Å²) < 4.78 is 51.2. The number of carbonyl (C=O) groups excluding carboxylic acids is 8. The van der Waals surface area contributed by atoms with Gasteiger partial charge in [-0.25, -0.2) is 28.8 Å². The number of aliphatic carboxylic acids is 1. The quantitative estimate of drug-likeness (QED) is 0.0144. The van der Waals surface area contributed by atoms with Gasteiger partial charge in [0.05, 0.1) is 8.52 Å². The van der Waals surface area contributed by atoms with E-state index in [1.807, 2.05) is 24.3 Å². The van der Waals surface area contributed by atoms with E-state index in [9.17, 15) is 42.7 Å². The molecule has 0 aliphatic rings. The van der Waals surface area contributed by atoms with Crippen LogP contribution in [0.2, 0.25) is 10.0 Å². The van der Waals surface area contributed by atoms with E-state index in [1.54, 1.807) is 114 Å². The molecular weight excluding hydrogens is 1450 g/mol. The van der Waals surface area contributed by atoms with Crippen molar-refractivity contribution in [1.82, 2.24) is 21.3 Å². The molecule has 0 bridgehead atoms. The van der Waals surface area contributed by atoms with Crippen molar-refractivity contribution in [1.29, 1.82) is 0 Å². The number of hydrogen-bond acceptors (Lipinski definition) is 18. The molecule has 472 valence electrons. The molecule has 23 nitrogen and oxygen atoms in total. The number of hydrogen-bond donors (Lipinski definition) is 5. The summed E-state index contributed by atoms with van der Waals surface area (Å²) in [7, 11) is -1.00. The zero-order chi connectivity index (χ0) is 65.8. The molecule has 0 aliphatic carbocycles. The number of nitrogens with one attached hydrogen (secondary N) is 4. The van der Waals surface area contributed by atoms with Crippen LogP contribution in [0, 0.1) is 0 Å². The van der Waals surface area contributed by atoms with E-state index in [2.05, 4.69) is 30.9 Å². The van der Waals surface area contributed by atoms with Crippen LogP contribution in [0.3, 0.4) is 0 Å². The van der Waals surface area contributed by atoms with Gasteiger partial charge in [0.1, 0.15) is 34.8 Å². The van der Waals surface area contributed by atoms with Crippen LogP contribution in [0.1, 0.15) is 118 Å². The van der Waals surface area contributed by atoms with Gasteiger partial charge in [-0.2, -0.15) is 0 Å². The van der Waals surface area contributed by atoms with Gasteiger partial charge in [0, 0.05) is 34.3 Å². The molecule has 0 heterocycles. The zero-order valence-corrected chi connectivity index (χ0v) is 66.1. The molecule has 4 aromatic carbocycles. The first kappa shape index (κ1) is 85.2. The number of ether oxygens (including phenoxy) is 7. The second kappa shape index (κ2) is 45.4. The van der Waals surface area contributed by atoms with E-state index >= 15 is 0 Å². The number of carbonyl (C=O) groups is 9. The number of amides is 4. The zero-order valence-electron chi connectivity index (χ0n) is 53.2. The molecule has 4 amide bonds.